The van der Waals surface area contributed by atoms with Crippen LogP contribution >= 0.6 is 11.6 Å². The number of H-pyrrole nitrogens is 1. The minimum Gasteiger partial charge on any atom is -0.451 e. The molecule has 10 heteroatoms. The molecule has 218 valence electrons. The lowest BCUT2D eigenvalue weighted by atomic mass is 10.0. The largest absolute Gasteiger partial charge is 0.451 e. The number of piperazine rings is 1. The van der Waals surface area contributed by atoms with Gasteiger partial charge in [-0.15, -0.1) is 0 Å². The molecular weight excluding hydrogens is 555 g/mol. The number of likely N-dealkylation sites (tertiary alicyclic amines) is 1. The lowest BCUT2D eigenvalue weighted by Crippen LogP contribution is -2.46. The Labute approximate surface area is 248 Å². The first kappa shape index (κ1) is 27.1. The third-order valence-electron chi connectivity index (χ3n) is 8.60. The molecule has 2 aromatic carbocycles. The molecule has 2 N–H and O–H groups in total. The average Bonchev–Trinajstić information content (AvgIpc) is 3.70. The van der Waals surface area contributed by atoms with Crippen LogP contribution in [0.5, 0.6) is 11.5 Å². The quantitative estimate of drug-likeness (QED) is 0.260. The number of fused-ring (bicyclic) bond motifs is 2. The summed E-state index contributed by atoms with van der Waals surface area (Å²) >= 11 is 6.36. The lowest BCUT2D eigenvalue weighted by molar-refractivity contribution is 0.246. The number of hydrogen-bond donors (Lipinski definition) is 2. The molecule has 4 aromatic rings. The molecule has 7 rings (SSSR count). The molecule has 0 bridgehead atoms. The fourth-order valence-corrected chi connectivity index (χ4v) is 6.56. The van der Waals surface area contributed by atoms with Crippen molar-refractivity contribution in [3.05, 3.63) is 87.7 Å². The molecule has 2 saturated heterocycles. The zero-order chi connectivity index (χ0) is 28.8. The number of pyridine rings is 1. The van der Waals surface area contributed by atoms with Crippen LogP contribution in [0.2, 0.25) is 5.02 Å². The standard InChI is InChI=1S/C32H34ClFN6O2/c1-21(35-9-12-37-10-2-3-11-37)25-20-40-27-7-6-22(33)17-28(27)42-32-29(40)24(31(25)41)18-26(34)30(32)39-15-13-38(14-16-39)19-23-5-4-8-36-23/h4-8,17-18,20,35-36H,1-3,9-16,19H2. The first-order valence-electron chi connectivity index (χ1n) is 14.6. The molecule has 0 saturated carbocycles. The predicted octanol–water partition coefficient (Wildman–Crippen LogP) is 5.20. The van der Waals surface area contributed by atoms with Crippen LogP contribution in [0, 0.1) is 5.82 Å². The number of anilines is 1. The highest BCUT2D eigenvalue weighted by Crippen LogP contribution is 2.47. The molecule has 0 radical (unpaired) electrons. The second kappa shape index (κ2) is 11.1. The number of ether oxygens (including phenoxy) is 1. The van der Waals surface area contributed by atoms with E-state index in [9.17, 15) is 4.79 Å². The highest BCUT2D eigenvalue weighted by Gasteiger charge is 2.31. The number of nitrogens with zero attached hydrogens (tertiary/aromatic N) is 4. The molecule has 2 aromatic heterocycles. The van der Waals surface area contributed by atoms with E-state index in [4.69, 9.17) is 16.3 Å². The van der Waals surface area contributed by atoms with Gasteiger partial charge in [-0.05, 0) is 56.3 Å². The van der Waals surface area contributed by atoms with Gasteiger partial charge in [0.05, 0.1) is 16.6 Å². The molecule has 0 spiro atoms. The molecular formula is C32H34ClFN6O2. The Morgan fingerprint density at radius 1 is 1.07 bits per heavy atom. The summed E-state index contributed by atoms with van der Waals surface area (Å²) in [6.45, 7) is 11.6. The summed E-state index contributed by atoms with van der Waals surface area (Å²) in [5.74, 6) is 0.374. The summed E-state index contributed by atoms with van der Waals surface area (Å²) in [7, 11) is 0. The number of hydrogen-bond acceptors (Lipinski definition) is 6. The van der Waals surface area contributed by atoms with Gasteiger partial charge >= 0.3 is 0 Å². The summed E-state index contributed by atoms with van der Waals surface area (Å²) in [5, 5.41) is 4.11. The number of aromatic nitrogens is 2. The van der Waals surface area contributed by atoms with E-state index in [1.54, 1.807) is 18.3 Å². The van der Waals surface area contributed by atoms with Crippen LogP contribution in [0.3, 0.4) is 0 Å². The molecule has 3 aliphatic heterocycles. The maximum absolute atomic E-state index is 16.1. The number of aromatic amines is 1. The van der Waals surface area contributed by atoms with Crippen molar-refractivity contribution in [3.63, 3.8) is 0 Å². The van der Waals surface area contributed by atoms with E-state index >= 15 is 4.39 Å². The van der Waals surface area contributed by atoms with Crippen LogP contribution in [0.1, 0.15) is 24.1 Å². The summed E-state index contributed by atoms with van der Waals surface area (Å²) in [5.41, 5.74) is 3.46. The minimum absolute atomic E-state index is 0.261. The van der Waals surface area contributed by atoms with E-state index in [1.165, 1.54) is 18.9 Å². The Morgan fingerprint density at radius 2 is 1.88 bits per heavy atom. The lowest BCUT2D eigenvalue weighted by Gasteiger charge is -2.37. The Balaban J connectivity index is 1.25. The fraction of sp³-hybridized carbons (Fsp3) is 0.344. The second-order valence-electron chi connectivity index (χ2n) is 11.3. The SMILES string of the molecule is C=C(NCCN1CCCC1)c1cn2c3c(c(N4CCN(Cc5ccc[nH]5)CC4)c(F)cc3c1=O)Oc1cc(Cl)ccc1-2. The minimum atomic E-state index is -0.478. The molecule has 42 heavy (non-hydrogen) atoms. The number of nitrogens with one attached hydrogen (secondary N) is 2. The maximum atomic E-state index is 16.1. The van der Waals surface area contributed by atoms with Gasteiger partial charge in [0.2, 0.25) is 0 Å². The molecule has 5 heterocycles. The van der Waals surface area contributed by atoms with Crippen LogP contribution in [0.25, 0.3) is 22.3 Å². The van der Waals surface area contributed by atoms with Crippen molar-refractivity contribution in [1.82, 2.24) is 24.7 Å². The Kier molecular flexibility index (Phi) is 7.17. The van der Waals surface area contributed by atoms with Crippen LogP contribution in [-0.2, 0) is 6.54 Å². The topological polar surface area (TPSA) is 68.8 Å². The summed E-state index contributed by atoms with van der Waals surface area (Å²) in [6, 6.07) is 10.8. The van der Waals surface area contributed by atoms with Gasteiger partial charge in [-0.3, -0.25) is 9.69 Å². The van der Waals surface area contributed by atoms with Crippen molar-refractivity contribution < 1.29 is 9.13 Å². The van der Waals surface area contributed by atoms with Crippen LogP contribution in [0.4, 0.5) is 10.1 Å². The van der Waals surface area contributed by atoms with Gasteiger partial charge in [-0.25, -0.2) is 4.39 Å². The summed E-state index contributed by atoms with van der Waals surface area (Å²) in [6.07, 6.45) is 6.17. The van der Waals surface area contributed by atoms with Crippen LogP contribution in [0.15, 0.2) is 60.2 Å². The highest BCUT2D eigenvalue weighted by molar-refractivity contribution is 6.30. The van der Waals surface area contributed by atoms with E-state index in [0.29, 0.717) is 58.6 Å². The highest BCUT2D eigenvalue weighted by atomic mass is 35.5. The van der Waals surface area contributed by atoms with E-state index in [0.717, 1.165) is 50.6 Å². The van der Waals surface area contributed by atoms with Gasteiger partial charge in [0, 0.05) is 80.7 Å². The third-order valence-corrected chi connectivity index (χ3v) is 8.83. The third kappa shape index (κ3) is 4.95. The number of halogens is 2. The smallest absolute Gasteiger partial charge is 0.198 e. The van der Waals surface area contributed by atoms with Gasteiger partial charge in [0.15, 0.2) is 22.7 Å². The van der Waals surface area contributed by atoms with E-state index in [2.05, 4.69) is 32.7 Å². The molecule has 3 aliphatic rings. The normalized spacial score (nSPS) is 17.0. The molecule has 8 nitrogen and oxygen atoms in total. The first-order chi connectivity index (χ1) is 20.5. The number of rotatable bonds is 8. The van der Waals surface area contributed by atoms with Crippen molar-refractivity contribution in [3.8, 4) is 17.2 Å². The van der Waals surface area contributed by atoms with Gasteiger partial charge in [0.25, 0.3) is 0 Å². The Morgan fingerprint density at radius 3 is 2.64 bits per heavy atom. The van der Waals surface area contributed by atoms with Gasteiger partial charge in [0.1, 0.15) is 11.2 Å². The molecule has 0 atom stereocenters. The van der Waals surface area contributed by atoms with E-state index in [-0.39, 0.29) is 10.8 Å². The van der Waals surface area contributed by atoms with Crippen molar-refractivity contribution in [2.24, 2.45) is 0 Å². The molecule has 2 fully saturated rings. The summed E-state index contributed by atoms with van der Waals surface area (Å²) < 4.78 is 24.4. The van der Waals surface area contributed by atoms with Crippen molar-refractivity contribution in [1.29, 1.82) is 0 Å². The van der Waals surface area contributed by atoms with Crippen molar-refractivity contribution >= 4 is 33.9 Å². The monoisotopic (exact) mass is 588 g/mol. The Hall–Kier alpha value is -3.79. The second-order valence-corrected chi connectivity index (χ2v) is 11.7. The molecule has 0 aliphatic carbocycles. The number of benzene rings is 2. The van der Waals surface area contributed by atoms with Crippen molar-refractivity contribution in [2.45, 2.75) is 19.4 Å². The van der Waals surface area contributed by atoms with Gasteiger partial charge in [-0.2, -0.15) is 0 Å². The van der Waals surface area contributed by atoms with Crippen LogP contribution < -0.4 is 20.4 Å². The maximum Gasteiger partial charge on any atom is 0.198 e. The average molecular weight is 589 g/mol. The summed E-state index contributed by atoms with van der Waals surface area (Å²) in [4.78, 5) is 23.9. The zero-order valence-electron chi connectivity index (χ0n) is 23.5. The van der Waals surface area contributed by atoms with Gasteiger partial charge in [-0.1, -0.05) is 18.2 Å². The van der Waals surface area contributed by atoms with Crippen LogP contribution in [-0.4, -0.2) is 71.7 Å². The van der Waals surface area contributed by atoms with E-state index < -0.39 is 5.82 Å². The molecule has 0 amide bonds. The fourth-order valence-electron chi connectivity index (χ4n) is 6.39. The molecule has 0 unspecified atom stereocenters. The van der Waals surface area contributed by atoms with Crippen molar-refractivity contribution in [2.75, 3.05) is 57.3 Å². The Bertz CT molecular complexity index is 1700. The first-order valence-corrected chi connectivity index (χ1v) is 15.0. The predicted molar refractivity (Wildman–Crippen MR) is 166 cm³/mol. The van der Waals surface area contributed by atoms with Gasteiger partial charge < -0.3 is 29.4 Å². The van der Waals surface area contributed by atoms with E-state index in [1.807, 2.05) is 27.8 Å². The zero-order valence-corrected chi connectivity index (χ0v) is 24.2.